The van der Waals surface area contributed by atoms with Crippen LogP contribution in [-0.2, 0) is 6.42 Å². The number of nitrogens with zero attached hydrogens (tertiary/aromatic N) is 1. The first-order valence-corrected chi connectivity index (χ1v) is 7.37. The highest BCUT2D eigenvalue weighted by Gasteiger charge is 2.20. The molecule has 0 aliphatic heterocycles. The summed E-state index contributed by atoms with van der Waals surface area (Å²) in [6, 6.07) is 8.27. The van der Waals surface area contributed by atoms with Crippen molar-refractivity contribution in [2.75, 3.05) is 6.61 Å². The average Bonchev–Trinajstić information content (AvgIpc) is 2.79. The lowest BCUT2D eigenvalue weighted by atomic mass is 9.89. The van der Waals surface area contributed by atoms with Crippen molar-refractivity contribution in [1.82, 2.24) is 0 Å². The number of aliphatic hydroxyl groups excluding tert-OH is 1. The molecule has 1 aromatic rings. The fourth-order valence-corrected chi connectivity index (χ4v) is 2.58. The molecule has 0 heterocycles. The SMILES string of the molecule is CC(C)(C#N)CCCCOc1ccc2c(c1)CC[C@H]2O. The van der Waals surface area contributed by atoms with Crippen molar-refractivity contribution in [3.8, 4) is 11.8 Å². The molecule has 0 radical (unpaired) electrons. The number of ether oxygens (including phenoxy) is 1. The van der Waals surface area contributed by atoms with Crippen LogP contribution in [0.25, 0.3) is 0 Å². The summed E-state index contributed by atoms with van der Waals surface area (Å²) in [6.45, 7) is 4.63. The minimum atomic E-state index is -0.299. The molecule has 20 heavy (non-hydrogen) atoms. The van der Waals surface area contributed by atoms with E-state index in [0.29, 0.717) is 6.61 Å². The van der Waals surface area contributed by atoms with Crippen LogP contribution in [0.3, 0.4) is 0 Å². The summed E-state index contributed by atoms with van der Waals surface area (Å²) < 4.78 is 5.75. The van der Waals surface area contributed by atoms with Crippen LogP contribution in [0, 0.1) is 16.7 Å². The monoisotopic (exact) mass is 273 g/mol. The Labute approximate surface area is 121 Å². The van der Waals surface area contributed by atoms with Crippen molar-refractivity contribution in [2.24, 2.45) is 5.41 Å². The zero-order valence-electron chi connectivity index (χ0n) is 12.4. The van der Waals surface area contributed by atoms with Gasteiger partial charge in [0, 0.05) is 0 Å². The fourth-order valence-electron chi connectivity index (χ4n) is 2.58. The highest BCUT2D eigenvalue weighted by atomic mass is 16.5. The van der Waals surface area contributed by atoms with E-state index in [2.05, 4.69) is 6.07 Å². The number of aliphatic hydroxyl groups is 1. The number of rotatable bonds is 6. The van der Waals surface area contributed by atoms with E-state index in [1.807, 2.05) is 32.0 Å². The Bertz CT molecular complexity index is 502. The summed E-state index contributed by atoms with van der Waals surface area (Å²) in [5, 5.41) is 18.7. The smallest absolute Gasteiger partial charge is 0.119 e. The van der Waals surface area contributed by atoms with Crippen molar-refractivity contribution < 1.29 is 9.84 Å². The molecule has 1 aliphatic rings. The molecule has 3 nitrogen and oxygen atoms in total. The van der Waals surface area contributed by atoms with E-state index >= 15 is 0 Å². The summed E-state index contributed by atoms with van der Waals surface area (Å²) in [5.74, 6) is 0.886. The highest BCUT2D eigenvalue weighted by Crippen LogP contribution is 2.33. The molecule has 108 valence electrons. The third kappa shape index (κ3) is 3.74. The van der Waals surface area contributed by atoms with E-state index in [-0.39, 0.29) is 11.5 Å². The van der Waals surface area contributed by atoms with Gasteiger partial charge in [0.15, 0.2) is 0 Å². The molecule has 0 amide bonds. The molecule has 0 aromatic heterocycles. The Morgan fingerprint density at radius 2 is 2.20 bits per heavy atom. The Morgan fingerprint density at radius 3 is 2.95 bits per heavy atom. The maximum absolute atomic E-state index is 9.75. The van der Waals surface area contributed by atoms with E-state index in [0.717, 1.165) is 43.4 Å². The second kappa shape index (κ2) is 6.28. The number of unbranched alkanes of at least 4 members (excludes halogenated alkanes) is 1. The molecule has 1 atom stereocenters. The van der Waals surface area contributed by atoms with Gasteiger partial charge in [0.05, 0.1) is 24.2 Å². The van der Waals surface area contributed by atoms with Crippen LogP contribution in [0.4, 0.5) is 0 Å². The number of fused-ring (bicyclic) bond motifs is 1. The summed E-state index contributed by atoms with van der Waals surface area (Å²) in [5.41, 5.74) is 2.03. The lowest BCUT2D eigenvalue weighted by Crippen LogP contribution is -2.08. The number of aryl methyl sites for hydroxylation is 1. The van der Waals surface area contributed by atoms with Gasteiger partial charge in [-0.15, -0.1) is 0 Å². The maximum atomic E-state index is 9.75. The quantitative estimate of drug-likeness (QED) is 0.803. The zero-order chi connectivity index (χ0) is 14.6. The zero-order valence-corrected chi connectivity index (χ0v) is 12.4. The standard InChI is InChI=1S/C17H23NO2/c1-17(2,12-18)9-3-4-10-20-14-6-7-15-13(11-14)5-8-16(15)19/h6-7,11,16,19H,3-5,8-10H2,1-2H3/t16-/m1/s1. The number of nitriles is 1. The molecule has 3 heteroatoms. The van der Waals surface area contributed by atoms with E-state index in [4.69, 9.17) is 10.00 Å². The largest absolute Gasteiger partial charge is 0.494 e. The Kier molecular flexibility index (Phi) is 4.67. The summed E-state index contributed by atoms with van der Waals surface area (Å²) in [6.07, 6.45) is 4.33. The maximum Gasteiger partial charge on any atom is 0.119 e. The van der Waals surface area contributed by atoms with Crippen LogP contribution < -0.4 is 4.74 Å². The van der Waals surface area contributed by atoms with Crippen molar-refractivity contribution in [3.05, 3.63) is 29.3 Å². The Morgan fingerprint density at radius 1 is 1.40 bits per heavy atom. The molecule has 0 bridgehead atoms. The number of hydrogen-bond acceptors (Lipinski definition) is 3. The molecule has 2 rings (SSSR count). The van der Waals surface area contributed by atoms with Gasteiger partial charge < -0.3 is 9.84 Å². The molecule has 1 N–H and O–H groups in total. The first kappa shape index (κ1) is 14.9. The van der Waals surface area contributed by atoms with Crippen LogP contribution in [0.1, 0.15) is 56.8 Å². The van der Waals surface area contributed by atoms with Crippen molar-refractivity contribution >= 4 is 0 Å². The molecule has 1 aromatic carbocycles. The van der Waals surface area contributed by atoms with Crippen molar-refractivity contribution in [2.45, 2.75) is 52.1 Å². The summed E-state index contributed by atoms with van der Waals surface area (Å²) in [7, 11) is 0. The highest BCUT2D eigenvalue weighted by molar-refractivity contribution is 5.39. The van der Waals surface area contributed by atoms with Gasteiger partial charge in [0.2, 0.25) is 0 Å². The number of benzene rings is 1. The van der Waals surface area contributed by atoms with Crippen LogP contribution in [0.5, 0.6) is 5.75 Å². The normalized spacial score (nSPS) is 17.6. The third-order valence-corrected chi connectivity index (χ3v) is 3.93. The van der Waals surface area contributed by atoms with Gasteiger partial charge in [0.1, 0.15) is 5.75 Å². The molecule has 0 saturated carbocycles. The van der Waals surface area contributed by atoms with Crippen LogP contribution >= 0.6 is 0 Å². The minimum Gasteiger partial charge on any atom is -0.494 e. The molecule has 0 saturated heterocycles. The van der Waals surface area contributed by atoms with Crippen molar-refractivity contribution in [1.29, 1.82) is 5.26 Å². The topological polar surface area (TPSA) is 53.2 Å². The first-order chi connectivity index (χ1) is 9.52. The molecule has 1 aliphatic carbocycles. The lowest BCUT2D eigenvalue weighted by Gasteiger charge is -2.14. The van der Waals surface area contributed by atoms with Gasteiger partial charge in [-0.25, -0.2) is 0 Å². The fraction of sp³-hybridized carbons (Fsp3) is 0.588. The van der Waals surface area contributed by atoms with E-state index in [9.17, 15) is 5.11 Å². The average molecular weight is 273 g/mol. The third-order valence-electron chi connectivity index (χ3n) is 3.93. The van der Waals surface area contributed by atoms with E-state index < -0.39 is 0 Å². The summed E-state index contributed by atoms with van der Waals surface area (Å²) in [4.78, 5) is 0. The Hall–Kier alpha value is -1.53. The second-order valence-corrected chi connectivity index (χ2v) is 6.22. The first-order valence-electron chi connectivity index (χ1n) is 7.37. The lowest BCUT2D eigenvalue weighted by molar-refractivity contribution is 0.180. The minimum absolute atomic E-state index is 0.232. The molecular formula is C17H23NO2. The second-order valence-electron chi connectivity index (χ2n) is 6.22. The van der Waals surface area contributed by atoms with Gasteiger partial charge in [-0.1, -0.05) is 6.07 Å². The van der Waals surface area contributed by atoms with Gasteiger partial charge in [-0.3, -0.25) is 0 Å². The predicted octanol–water partition coefficient (Wildman–Crippen LogP) is 3.77. The summed E-state index contributed by atoms with van der Waals surface area (Å²) >= 11 is 0. The molecule has 0 spiro atoms. The molecular weight excluding hydrogens is 250 g/mol. The van der Waals surface area contributed by atoms with Gasteiger partial charge in [0.25, 0.3) is 0 Å². The number of hydrogen-bond donors (Lipinski definition) is 1. The van der Waals surface area contributed by atoms with Gasteiger partial charge >= 0.3 is 0 Å². The molecule has 0 unspecified atom stereocenters. The van der Waals surface area contributed by atoms with Crippen LogP contribution in [0.2, 0.25) is 0 Å². The van der Waals surface area contributed by atoms with Crippen molar-refractivity contribution in [3.63, 3.8) is 0 Å². The predicted molar refractivity (Wildman–Crippen MR) is 78.5 cm³/mol. The molecule has 0 fully saturated rings. The van der Waals surface area contributed by atoms with Gasteiger partial charge in [-0.2, -0.15) is 5.26 Å². The van der Waals surface area contributed by atoms with Gasteiger partial charge in [-0.05, 0) is 69.2 Å². The van der Waals surface area contributed by atoms with Crippen LogP contribution in [0.15, 0.2) is 18.2 Å². The van der Waals surface area contributed by atoms with E-state index in [1.165, 1.54) is 5.56 Å². The Balaban J connectivity index is 1.74. The van der Waals surface area contributed by atoms with E-state index in [1.54, 1.807) is 0 Å². The van der Waals surface area contributed by atoms with Crippen LogP contribution in [-0.4, -0.2) is 11.7 Å².